The number of halogens is 2. The molecule has 166 valence electrons. The molecule has 5 nitrogen and oxygen atoms in total. The molecule has 2 aromatic rings. The van der Waals surface area contributed by atoms with Crippen molar-refractivity contribution >= 4 is 29.9 Å². The quantitative estimate of drug-likeness (QED) is 0.328. The third-order valence-corrected chi connectivity index (χ3v) is 5.51. The van der Waals surface area contributed by atoms with Crippen LogP contribution in [0.2, 0.25) is 0 Å². The summed E-state index contributed by atoms with van der Waals surface area (Å²) in [4.78, 5) is 7.04. The highest BCUT2D eigenvalue weighted by Crippen LogP contribution is 2.16. The van der Waals surface area contributed by atoms with Gasteiger partial charge in [-0.25, -0.2) is 9.38 Å². The molecule has 1 saturated heterocycles. The van der Waals surface area contributed by atoms with Gasteiger partial charge in [-0.05, 0) is 56.0 Å². The molecule has 3 rings (SSSR count). The molecule has 0 spiro atoms. The molecule has 0 aromatic heterocycles. The number of aryl methyl sites for hydroxylation is 1. The lowest BCUT2D eigenvalue weighted by atomic mass is 10.0. The van der Waals surface area contributed by atoms with E-state index in [0.29, 0.717) is 23.1 Å². The lowest BCUT2D eigenvalue weighted by Gasteiger charge is -2.33. The Labute approximate surface area is 201 Å². The first-order valence-corrected chi connectivity index (χ1v) is 10.6. The summed E-state index contributed by atoms with van der Waals surface area (Å²) in [6, 6.07) is 15.3. The van der Waals surface area contributed by atoms with Gasteiger partial charge in [-0.1, -0.05) is 24.3 Å². The fourth-order valence-electron chi connectivity index (χ4n) is 3.71. The van der Waals surface area contributed by atoms with Crippen molar-refractivity contribution in [1.82, 2.24) is 15.5 Å². The van der Waals surface area contributed by atoms with E-state index in [0.717, 1.165) is 39.0 Å². The molecule has 7 heteroatoms. The van der Waals surface area contributed by atoms with Crippen LogP contribution >= 0.6 is 24.0 Å². The zero-order valence-corrected chi connectivity index (χ0v) is 20.5. The van der Waals surface area contributed by atoms with Gasteiger partial charge in [0.1, 0.15) is 5.82 Å². The third-order valence-electron chi connectivity index (χ3n) is 5.51. The lowest BCUT2D eigenvalue weighted by molar-refractivity contribution is 0.198. The van der Waals surface area contributed by atoms with Gasteiger partial charge in [0.2, 0.25) is 0 Å². The first-order valence-electron chi connectivity index (χ1n) is 10.6. The molecule has 0 bridgehead atoms. The first kappa shape index (κ1) is 25.1. The summed E-state index contributed by atoms with van der Waals surface area (Å²) in [5, 5.41) is 15.8. The average Bonchev–Trinajstić information content (AvgIpc) is 2.76. The Bertz CT molecular complexity index is 916. The summed E-state index contributed by atoms with van der Waals surface area (Å²) in [6.07, 6.45) is 2.07. The molecular formula is C24H31FIN5. The summed E-state index contributed by atoms with van der Waals surface area (Å²) in [5.74, 6) is 0.356. The zero-order valence-electron chi connectivity index (χ0n) is 18.2. The van der Waals surface area contributed by atoms with E-state index in [1.807, 2.05) is 13.0 Å². The van der Waals surface area contributed by atoms with E-state index >= 15 is 0 Å². The van der Waals surface area contributed by atoms with Gasteiger partial charge in [-0.2, -0.15) is 5.26 Å². The van der Waals surface area contributed by atoms with Crippen LogP contribution in [0, 0.1) is 24.1 Å². The van der Waals surface area contributed by atoms with Crippen LogP contribution in [0.3, 0.4) is 0 Å². The van der Waals surface area contributed by atoms with Gasteiger partial charge in [-0.3, -0.25) is 4.90 Å². The van der Waals surface area contributed by atoms with Crippen LogP contribution in [-0.2, 0) is 13.1 Å². The summed E-state index contributed by atoms with van der Waals surface area (Å²) in [5.41, 5.74) is 3.60. The molecule has 1 heterocycles. The Morgan fingerprint density at radius 2 is 1.94 bits per heavy atom. The van der Waals surface area contributed by atoms with Gasteiger partial charge < -0.3 is 10.6 Å². The van der Waals surface area contributed by atoms with E-state index in [9.17, 15) is 4.39 Å². The predicted molar refractivity (Wildman–Crippen MR) is 134 cm³/mol. The fraction of sp³-hybridized carbons (Fsp3) is 0.417. The highest BCUT2D eigenvalue weighted by molar-refractivity contribution is 14.0. The van der Waals surface area contributed by atoms with Crippen LogP contribution in [0.15, 0.2) is 47.5 Å². The van der Waals surface area contributed by atoms with Crippen molar-refractivity contribution in [1.29, 1.82) is 5.26 Å². The van der Waals surface area contributed by atoms with Gasteiger partial charge in [0, 0.05) is 37.8 Å². The van der Waals surface area contributed by atoms with Crippen molar-refractivity contribution < 1.29 is 4.39 Å². The van der Waals surface area contributed by atoms with E-state index in [1.165, 1.54) is 23.3 Å². The molecule has 0 radical (unpaired) electrons. The molecule has 2 N–H and O–H groups in total. The number of nitrogens with one attached hydrogen (secondary N) is 2. The van der Waals surface area contributed by atoms with Gasteiger partial charge >= 0.3 is 0 Å². The Balaban J connectivity index is 0.00000341. The third kappa shape index (κ3) is 7.47. The van der Waals surface area contributed by atoms with E-state index < -0.39 is 0 Å². The van der Waals surface area contributed by atoms with E-state index in [4.69, 9.17) is 5.26 Å². The monoisotopic (exact) mass is 535 g/mol. The van der Waals surface area contributed by atoms with E-state index in [-0.39, 0.29) is 36.3 Å². The molecule has 0 atom stereocenters. The summed E-state index contributed by atoms with van der Waals surface area (Å²) >= 11 is 0. The normalized spacial score (nSPS) is 15.1. The molecule has 2 aromatic carbocycles. The van der Waals surface area contributed by atoms with Crippen molar-refractivity contribution in [3.05, 3.63) is 70.5 Å². The Morgan fingerprint density at radius 3 is 2.61 bits per heavy atom. The number of benzene rings is 2. The van der Waals surface area contributed by atoms with Crippen molar-refractivity contribution in [2.45, 2.75) is 45.8 Å². The summed E-state index contributed by atoms with van der Waals surface area (Å²) in [6.45, 7) is 8.16. The maximum Gasteiger partial charge on any atom is 0.191 e. The number of piperidine rings is 1. The van der Waals surface area contributed by atoms with Crippen molar-refractivity contribution in [2.24, 2.45) is 4.99 Å². The largest absolute Gasteiger partial charge is 0.357 e. The van der Waals surface area contributed by atoms with Gasteiger partial charge in [-0.15, -0.1) is 24.0 Å². The van der Waals surface area contributed by atoms with E-state index in [1.54, 1.807) is 6.07 Å². The van der Waals surface area contributed by atoms with Crippen molar-refractivity contribution in [2.75, 3.05) is 19.6 Å². The zero-order chi connectivity index (χ0) is 21.3. The number of guanidine groups is 1. The smallest absolute Gasteiger partial charge is 0.191 e. The second-order valence-electron chi connectivity index (χ2n) is 7.73. The Hall–Kier alpha value is -2.18. The number of nitriles is 1. The maximum absolute atomic E-state index is 14.0. The van der Waals surface area contributed by atoms with Crippen LogP contribution < -0.4 is 10.6 Å². The van der Waals surface area contributed by atoms with Crippen LogP contribution in [0.4, 0.5) is 4.39 Å². The highest BCUT2D eigenvalue weighted by Gasteiger charge is 2.20. The van der Waals surface area contributed by atoms with E-state index in [2.05, 4.69) is 51.7 Å². The summed E-state index contributed by atoms with van der Waals surface area (Å²) < 4.78 is 14.0. The molecule has 0 aliphatic carbocycles. The minimum Gasteiger partial charge on any atom is -0.357 e. The SMILES string of the molecule is CCNC(=NCc1cc(C#N)ccc1F)NC1CCN(Cc2ccccc2C)CC1.I. The number of rotatable bonds is 6. The van der Waals surface area contributed by atoms with Gasteiger partial charge in [0.25, 0.3) is 0 Å². The topological polar surface area (TPSA) is 63.5 Å². The number of nitrogens with zero attached hydrogens (tertiary/aromatic N) is 3. The number of likely N-dealkylation sites (tertiary alicyclic amines) is 1. The molecule has 1 aliphatic rings. The average molecular weight is 535 g/mol. The van der Waals surface area contributed by atoms with Crippen LogP contribution in [0.25, 0.3) is 0 Å². The lowest BCUT2D eigenvalue weighted by Crippen LogP contribution is -2.48. The molecule has 0 amide bonds. The molecule has 31 heavy (non-hydrogen) atoms. The second-order valence-corrected chi connectivity index (χ2v) is 7.73. The van der Waals surface area contributed by atoms with Gasteiger partial charge in [0.15, 0.2) is 5.96 Å². The molecule has 1 fully saturated rings. The number of hydrogen-bond acceptors (Lipinski definition) is 3. The molecular weight excluding hydrogens is 504 g/mol. The maximum atomic E-state index is 14.0. The Morgan fingerprint density at radius 1 is 1.19 bits per heavy atom. The van der Waals surface area contributed by atoms with Crippen LogP contribution in [-0.4, -0.2) is 36.5 Å². The van der Waals surface area contributed by atoms with Crippen molar-refractivity contribution in [3.8, 4) is 6.07 Å². The van der Waals surface area contributed by atoms with Gasteiger partial charge in [0.05, 0.1) is 18.2 Å². The minimum absolute atomic E-state index is 0. The highest BCUT2D eigenvalue weighted by atomic mass is 127. The fourth-order valence-corrected chi connectivity index (χ4v) is 3.71. The molecule has 0 unspecified atom stereocenters. The minimum atomic E-state index is -0.335. The molecule has 0 saturated carbocycles. The summed E-state index contributed by atoms with van der Waals surface area (Å²) in [7, 11) is 0. The van der Waals surface area contributed by atoms with Crippen LogP contribution in [0.5, 0.6) is 0 Å². The standard InChI is InChI=1S/C24H30FN5.HI/c1-3-27-24(28-16-21-14-19(15-26)8-9-23(21)25)29-22-10-12-30(13-11-22)17-20-7-5-4-6-18(20)2;/h4-9,14,22H,3,10-13,16-17H2,1-2H3,(H2,27,28,29);1H. The number of hydrogen-bond donors (Lipinski definition) is 2. The Kier molecular flexibility index (Phi) is 10.2. The second kappa shape index (κ2) is 12.6. The molecule has 1 aliphatic heterocycles. The predicted octanol–water partition coefficient (Wildman–Crippen LogP) is 4.34. The van der Waals surface area contributed by atoms with Crippen LogP contribution in [0.1, 0.15) is 42.0 Å². The van der Waals surface area contributed by atoms with Crippen molar-refractivity contribution in [3.63, 3.8) is 0 Å². The number of aliphatic imine (C=N–C) groups is 1. The first-order chi connectivity index (χ1) is 14.6.